The van der Waals surface area contributed by atoms with Crippen LogP contribution in [0.3, 0.4) is 0 Å². The summed E-state index contributed by atoms with van der Waals surface area (Å²) in [6.07, 6.45) is 1.13. The first-order chi connectivity index (χ1) is 6.50. The Kier molecular flexibility index (Phi) is 2.06. The lowest BCUT2D eigenvalue weighted by atomic mass is 9.83. The van der Waals surface area contributed by atoms with E-state index in [1.54, 1.807) is 0 Å². The molecule has 1 nitrogen and oxygen atoms in total. The molecule has 1 aromatic carbocycles. The number of ether oxygens (including phenoxy) is 1. The van der Waals surface area contributed by atoms with Crippen LogP contribution in [0.15, 0.2) is 18.2 Å². The monoisotopic (exact) mass is 190 g/mol. The molecule has 0 amide bonds. The van der Waals surface area contributed by atoms with Crippen molar-refractivity contribution >= 4 is 0 Å². The van der Waals surface area contributed by atoms with E-state index in [-0.39, 0.29) is 5.60 Å². The van der Waals surface area contributed by atoms with Gasteiger partial charge in [-0.2, -0.15) is 0 Å². The van der Waals surface area contributed by atoms with Crippen LogP contribution in [0.1, 0.15) is 31.9 Å². The molecule has 0 aliphatic carbocycles. The topological polar surface area (TPSA) is 9.23 Å². The van der Waals surface area contributed by atoms with Gasteiger partial charge in [-0.05, 0) is 44.2 Å². The molecule has 0 saturated heterocycles. The van der Waals surface area contributed by atoms with Gasteiger partial charge in [0, 0.05) is 0 Å². The molecule has 1 aliphatic heterocycles. The van der Waals surface area contributed by atoms with Gasteiger partial charge in [0.05, 0.1) is 0 Å². The van der Waals surface area contributed by atoms with Gasteiger partial charge in [0.1, 0.15) is 11.4 Å². The van der Waals surface area contributed by atoms with Gasteiger partial charge in [-0.15, -0.1) is 0 Å². The van der Waals surface area contributed by atoms with E-state index in [0.29, 0.717) is 5.92 Å². The Balaban J connectivity index is 2.46. The Hall–Kier alpha value is -0.980. The standard InChI is InChI=1S/C13H18O/c1-9-6-5-7-11-8-10(2)13(3,4)14-12(9)11/h5-7,10H,8H2,1-4H3. The van der Waals surface area contributed by atoms with Crippen LogP contribution in [0.2, 0.25) is 0 Å². The van der Waals surface area contributed by atoms with Crippen molar-refractivity contribution in [3.8, 4) is 5.75 Å². The van der Waals surface area contributed by atoms with Crippen molar-refractivity contribution in [1.29, 1.82) is 0 Å². The Labute approximate surface area is 86.1 Å². The molecule has 1 heterocycles. The van der Waals surface area contributed by atoms with Gasteiger partial charge in [-0.1, -0.05) is 25.1 Å². The molecule has 1 atom stereocenters. The summed E-state index contributed by atoms with van der Waals surface area (Å²) < 4.78 is 6.06. The first kappa shape index (κ1) is 9.57. The van der Waals surface area contributed by atoms with E-state index >= 15 is 0 Å². The smallest absolute Gasteiger partial charge is 0.126 e. The van der Waals surface area contributed by atoms with Crippen LogP contribution in [0, 0.1) is 12.8 Å². The van der Waals surface area contributed by atoms with Gasteiger partial charge in [-0.25, -0.2) is 0 Å². The first-order valence-electron chi connectivity index (χ1n) is 5.28. The molecule has 0 spiro atoms. The Morgan fingerprint density at radius 2 is 2.07 bits per heavy atom. The molecule has 0 saturated carbocycles. The van der Waals surface area contributed by atoms with Crippen molar-refractivity contribution in [3.63, 3.8) is 0 Å². The first-order valence-corrected chi connectivity index (χ1v) is 5.28. The quantitative estimate of drug-likeness (QED) is 0.609. The lowest BCUT2D eigenvalue weighted by Crippen LogP contribution is -2.40. The molecular weight excluding hydrogens is 172 g/mol. The van der Waals surface area contributed by atoms with Crippen molar-refractivity contribution < 1.29 is 4.74 Å². The average Bonchev–Trinajstić information content (AvgIpc) is 2.09. The summed E-state index contributed by atoms with van der Waals surface area (Å²) >= 11 is 0. The van der Waals surface area contributed by atoms with E-state index in [2.05, 4.69) is 45.9 Å². The third kappa shape index (κ3) is 1.41. The second kappa shape index (κ2) is 3.01. The van der Waals surface area contributed by atoms with Crippen molar-refractivity contribution in [2.24, 2.45) is 5.92 Å². The molecule has 76 valence electrons. The van der Waals surface area contributed by atoms with Crippen LogP contribution in [-0.2, 0) is 6.42 Å². The van der Waals surface area contributed by atoms with Crippen molar-refractivity contribution in [2.75, 3.05) is 0 Å². The largest absolute Gasteiger partial charge is 0.487 e. The number of para-hydroxylation sites is 1. The zero-order chi connectivity index (χ0) is 10.3. The van der Waals surface area contributed by atoms with E-state index in [9.17, 15) is 0 Å². The van der Waals surface area contributed by atoms with E-state index < -0.39 is 0 Å². The van der Waals surface area contributed by atoms with E-state index in [4.69, 9.17) is 4.74 Å². The highest BCUT2D eigenvalue weighted by Gasteiger charge is 2.34. The van der Waals surface area contributed by atoms with Gasteiger partial charge >= 0.3 is 0 Å². The molecule has 0 aromatic heterocycles. The predicted octanol–water partition coefficient (Wildman–Crippen LogP) is 3.34. The number of fused-ring (bicyclic) bond motifs is 1. The second-order valence-corrected chi connectivity index (χ2v) is 4.87. The van der Waals surface area contributed by atoms with Crippen molar-refractivity contribution in [3.05, 3.63) is 29.3 Å². The van der Waals surface area contributed by atoms with Crippen LogP contribution >= 0.6 is 0 Å². The van der Waals surface area contributed by atoms with Crippen LogP contribution in [0.4, 0.5) is 0 Å². The summed E-state index contributed by atoms with van der Waals surface area (Å²) in [4.78, 5) is 0. The zero-order valence-corrected chi connectivity index (χ0v) is 9.42. The summed E-state index contributed by atoms with van der Waals surface area (Å²) in [5.41, 5.74) is 2.58. The number of hydrogen-bond donors (Lipinski definition) is 0. The SMILES string of the molecule is Cc1cccc2c1OC(C)(C)C(C)C2. The summed E-state index contributed by atoms with van der Waals surface area (Å²) in [7, 11) is 0. The minimum absolute atomic E-state index is 0.0287. The van der Waals surface area contributed by atoms with Gasteiger partial charge in [0.2, 0.25) is 0 Å². The molecule has 0 radical (unpaired) electrons. The maximum absolute atomic E-state index is 6.06. The molecular formula is C13H18O. The highest BCUT2D eigenvalue weighted by Crippen LogP contribution is 2.38. The highest BCUT2D eigenvalue weighted by atomic mass is 16.5. The average molecular weight is 190 g/mol. The fourth-order valence-corrected chi connectivity index (χ4v) is 1.96. The van der Waals surface area contributed by atoms with E-state index in [1.165, 1.54) is 11.1 Å². The van der Waals surface area contributed by atoms with Gasteiger partial charge in [0.25, 0.3) is 0 Å². The molecule has 1 aliphatic rings. The number of hydrogen-bond acceptors (Lipinski definition) is 1. The van der Waals surface area contributed by atoms with Gasteiger partial charge < -0.3 is 4.74 Å². The maximum atomic E-state index is 6.06. The maximum Gasteiger partial charge on any atom is 0.126 e. The number of aryl methyl sites for hydroxylation is 1. The van der Waals surface area contributed by atoms with Crippen LogP contribution in [-0.4, -0.2) is 5.60 Å². The minimum Gasteiger partial charge on any atom is -0.487 e. The third-order valence-corrected chi connectivity index (χ3v) is 3.37. The van der Waals surface area contributed by atoms with E-state index in [0.717, 1.165) is 12.2 Å². The molecule has 1 unspecified atom stereocenters. The molecule has 0 fully saturated rings. The van der Waals surface area contributed by atoms with Crippen molar-refractivity contribution in [1.82, 2.24) is 0 Å². The van der Waals surface area contributed by atoms with Gasteiger partial charge in [0.15, 0.2) is 0 Å². The third-order valence-electron chi connectivity index (χ3n) is 3.37. The van der Waals surface area contributed by atoms with Crippen molar-refractivity contribution in [2.45, 2.75) is 39.7 Å². The Morgan fingerprint density at radius 1 is 1.36 bits per heavy atom. The minimum atomic E-state index is -0.0287. The summed E-state index contributed by atoms with van der Waals surface area (Å²) in [5.74, 6) is 1.69. The fraction of sp³-hybridized carbons (Fsp3) is 0.538. The number of benzene rings is 1. The summed E-state index contributed by atoms with van der Waals surface area (Å²) in [6.45, 7) is 8.72. The van der Waals surface area contributed by atoms with Crippen LogP contribution < -0.4 is 4.74 Å². The molecule has 1 heteroatoms. The lowest BCUT2D eigenvalue weighted by Gasteiger charge is -2.39. The normalized spacial score (nSPS) is 23.9. The molecule has 0 bridgehead atoms. The lowest BCUT2D eigenvalue weighted by molar-refractivity contribution is 0.0347. The fourth-order valence-electron chi connectivity index (χ4n) is 1.96. The summed E-state index contributed by atoms with van der Waals surface area (Å²) in [5, 5.41) is 0. The van der Waals surface area contributed by atoms with E-state index in [1.807, 2.05) is 0 Å². The van der Waals surface area contributed by atoms with Crippen LogP contribution in [0.5, 0.6) is 5.75 Å². The Bertz CT molecular complexity index is 352. The molecule has 2 rings (SSSR count). The molecule has 0 N–H and O–H groups in total. The van der Waals surface area contributed by atoms with Gasteiger partial charge in [-0.3, -0.25) is 0 Å². The summed E-state index contributed by atoms with van der Waals surface area (Å²) in [6, 6.07) is 6.40. The molecule has 14 heavy (non-hydrogen) atoms. The predicted molar refractivity (Wildman–Crippen MR) is 58.8 cm³/mol. The second-order valence-electron chi connectivity index (χ2n) is 4.87. The highest BCUT2D eigenvalue weighted by molar-refractivity contribution is 5.43. The zero-order valence-electron chi connectivity index (χ0n) is 9.42. The van der Waals surface area contributed by atoms with Crippen LogP contribution in [0.25, 0.3) is 0 Å². The number of rotatable bonds is 0. The molecule has 1 aromatic rings. The Morgan fingerprint density at radius 3 is 2.79 bits per heavy atom.